The second-order valence-electron chi connectivity index (χ2n) is 7.03. The van der Waals surface area contributed by atoms with Crippen molar-refractivity contribution in [3.63, 3.8) is 0 Å². The summed E-state index contributed by atoms with van der Waals surface area (Å²) in [4.78, 5) is 4.43. The van der Waals surface area contributed by atoms with Crippen LogP contribution in [-0.2, 0) is 16.4 Å². The molecule has 1 fully saturated rings. The molecule has 2 aromatic carbocycles. The minimum absolute atomic E-state index is 0.0988. The highest BCUT2D eigenvalue weighted by Crippen LogP contribution is 2.27. The average molecular weight is 419 g/mol. The van der Waals surface area contributed by atoms with Crippen molar-refractivity contribution in [2.75, 3.05) is 13.1 Å². The number of aromatic nitrogens is 2. The van der Waals surface area contributed by atoms with Crippen molar-refractivity contribution in [2.45, 2.75) is 24.2 Å². The zero-order valence-electron chi connectivity index (χ0n) is 15.5. The maximum atomic E-state index is 13.1. The maximum absolute atomic E-state index is 13.1. The van der Waals surface area contributed by atoms with Gasteiger partial charge in [-0.2, -0.15) is 9.29 Å². The molecular formula is C20H19F2N3O3S. The molecule has 3 aromatic rings. The van der Waals surface area contributed by atoms with Gasteiger partial charge in [0, 0.05) is 25.1 Å². The minimum Gasteiger partial charge on any atom is -0.334 e. The van der Waals surface area contributed by atoms with E-state index in [1.807, 2.05) is 0 Å². The first-order valence-corrected chi connectivity index (χ1v) is 10.7. The molecule has 1 aliphatic rings. The molecule has 152 valence electrons. The molecule has 4 rings (SSSR count). The van der Waals surface area contributed by atoms with Gasteiger partial charge in [-0.3, -0.25) is 0 Å². The summed E-state index contributed by atoms with van der Waals surface area (Å²) >= 11 is 0. The molecule has 9 heteroatoms. The smallest absolute Gasteiger partial charge is 0.257 e. The summed E-state index contributed by atoms with van der Waals surface area (Å²) in [7, 11) is -3.62. The predicted molar refractivity (Wildman–Crippen MR) is 101 cm³/mol. The molecule has 6 nitrogen and oxygen atoms in total. The van der Waals surface area contributed by atoms with Crippen molar-refractivity contribution in [2.24, 2.45) is 5.92 Å². The molecule has 1 unspecified atom stereocenters. The van der Waals surface area contributed by atoms with Crippen LogP contribution in [-0.4, -0.2) is 36.0 Å². The molecule has 0 amide bonds. The number of nitrogens with zero attached hydrogens (tertiary/aromatic N) is 3. The molecule has 0 aliphatic carbocycles. The molecule has 29 heavy (non-hydrogen) atoms. The van der Waals surface area contributed by atoms with Gasteiger partial charge in [0.1, 0.15) is 11.6 Å². The highest BCUT2D eigenvalue weighted by atomic mass is 32.2. The lowest BCUT2D eigenvalue weighted by atomic mass is 10.0. The fourth-order valence-electron chi connectivity index (χ4n) is 3.41. The molecule has 0 bridgehead atoms. The largest absolute Gasteiger partial charge is 0.334 e. The van der Waals surface area contributed by atoms with Crippen LogP contribution < -0.4 is 0 Å². The van der Waals surface area contributed by atoms with Gasteiger partial charge in [0.2, 0.25) is 10.0 Å². The van der Waals surface area contributed by atoms with E-state index >= 15 is 0 Å². The summed E-state index contributed by atoms with van der Waals surface area (Å²) in [5, 5.41) is 3.95. The van der Waals surface area contributed by atoms with Gasteiger partial charge in [0.05, 0.1) is 4.90 Å². The molecule has 1 saturated heterocycles. The number of benzene rings is 2. The summed E-state index contributed by atoms with van der Waals surface area (Å²) in [5.41, 5.74) is 0.641. The van der Waals surface area contributed by atoms with Crippen molar-refractivity contribution < 1.29 is 21.7 Å². The molecule has 0 spiro atoms. The fourth-order valence-corrected chi connectivity index (χ4v) is 4.94. The zero-order chi connectivity index (χ0) is 20.4. The van der Waals surface area contributed by atoms with Gasteiger partial charge in [0.25, 0.3) is 5.89 Å². The number of hydrogen-bond acceptors (Lipinski definition) is 5. The number of sulfonamides is 1. The fraction of sp³-hybridized carbons (Fsp3) is 0.300. The van der Waals surface area contributed by atoms with E-state index in [1.54, 1.807) is 12.1 Å². The SMILES string of the molecule is O=S(=O)(c1ccc(F)cc1)N1CCC(CCc2noc(-c3ccc(F)cc3)n2)C1. The molecule has 1 atom stereocenters. The first kappa shape index (κ1) is 19.7. The highest BCUT2D eigenvalue weighted by Gasteiger charge is 2.32. The molecular weight excluding hydrogens is 400 g/mol. The Morgan fingerprint density at radius 2 is 1.69 bits per heavy atom. The van der Waals surface area contributed by atoms with E-state index in [1.165, 1.54) is 28.6 Å². The standard InChI is InChI=1S/C20H19F2N3O3S/c21-16-4-2-15(3-5-16)20-23-19(24-28-20)10-1-14-11-12-25(13-14)29(26,27)18-8-6-17(22)7-9-18/h2-9,14H,1,10-13H2. The van der Waals surface area contributed by atoms with Crippen molar-refractivity contribution >= 4 is 10.0 Å². The normalized spacial score (nSPS) is 17.7. The second-order valence-corrected chi connectivity index (χ2v) is 8.97. The number of aryl methyl sites for hydroxylation is 1. The number of hydrogen-bond donors (Lipinski definition) is 0. The van der Waals surface area contributed by atoms with E-state index in [0.29, 0.717) is 36.8 Å². The Hall–Kier alpha value is -2.65. The zero-order valence-corrected chi connectivity index (χ0v) is 16.3. The Kier molecular flexibility index (Phi) is 5.42. The van der Waals surface area contributed by atoms with Crippen LogP contribution >= 0.6 is 0 Å². The van der Waals surface area contributed by atoms with Gasteiger partial charge in [-0.1, -0.05) is 5.16 Å². The monoisotopic (exact) mass is 419 g/mol. The van der Waals surface area contributed by atoms with Crippen LogP contribution in [0.15, 0.2) is 57.9 Å². The first-order valence-electron chi connectivity index (χ1n) is 9.26. The summed E-state index contributed by atoms with van der Waals surface area (Å²) in [5.74, 6) is 0.229. The first-order chi connectivity index (χ1) is 13.9. The van der Waals surface area contributed by atoms with Gasteiger partial charge in [-0.15, -0.1) is 0 Å². The van der Waals surface area contributed by atoms with Gasteiger partial charge in [-0.05, 0) is 67.3 Å². The van der Waals surface area contributed by atoms with Crippen LogP contribution in [0.4, 0.5) is 8.78 Å². The van der Waals surface area contributed by atoms with Gasteiger partial charge >= 0.3 is 0 Å². The average Bonchev–Trinajstić information content (AvgIpc) is 3.37. The van der Waals surface area contributed by atoms with Crippen LogP contribution in [0, 0.1) is 17.6 Å². The van der Waals surface area contributed by atoms with Crippen molar-refractivity contribution in [1.29, 1.82) is 0 Å². The molecule has 1 aromatic heterocycles. The number of halogens is 2. The van der Waals surface area contributed by atoms with Gasteiger partial charge in [-0.25, -0.2) is 17.2 Å². The lowest BCUT2D eigenvalue weighted by Crippen LogP contribution is -2.29. The van der Waals surface area contributed by atoms with E-state index in [-0.39, 0.29) is 16.6 Å². The number of rotatable bonds is 6. The third-order valence-electron chi connectivity index (χ3n) is 5.04. The Bertz CT molecular complexity index is 1080. The Balaban J connectivity index is 1.35. The third kappa shape index (κ3) is 4.35. The molecule has 0 saturated carbocycles. The molecule has 2 heterocycles. The van der Waals surface area contributed by atoms with Crippen LogP contribution in [0.3, 0.4) is 0 Å². The van der Waals surface area contributed by atoms with Crippen LogP contribution in [0.1, 0.15) is 18.7 Å². The summed E-state index contributed by atoms with van der Waals surface area (Å²) in [6, 6.07) is 10.7. The Morgan fingerprint density at radius 1 is 1.03 bits per heavy atom. The Morgan fingerprint density at radius 3 is 2.38 bits per heavy atom. The topological polar surface area (TPSA) is 76.3 Å². The third-order valence-corrected chi connectivity index (χ3v) is 6.91. The quantitative estimate of drug-likeness (QED) is 0.610. The van der Waals surface area contributed by atoms with E-state index in [9.17, 15) is 17.2 Å². The lowest BCUT2D eigenvalue weighted by molar-refractivity contribution is 0.413. The summed E-state index contributed by atoms with van der Waals surface area (Å²) in [6.45, 7) is 0.833. The van der Waals surface area contributed by atoms with E-state index < -0.39 is 15.8 Å². The molecule has 1 aliphatic heterocycles. The highest BCUT2D eigenvalue weighted by molar-refractivity contribution is 7.89. The predicted octanol–water partition coefficient (Wildman–Crippen LogP) is 3.66. The van der Waals surface area contributed by atoms with Crippen molar-refractivity contribution in [3.05, 3.63) is 66.0 Å². The minimum atomic E-state index is -3.62. The van der Waals surface area contributed by atoms with Crippen LogP contribution in [0.25, 0.3) is 11.5 Å². The Labute approximate surface area is 167 Å². The van der Waals surface area contributed by atoms with E-state index in [4.69, 9.17) is 4.52 Å². The van der Waals surface area contributed by atoms with Gasteiger partial charge < -0.3 is 4.52 Å². The van der Waals surface area contributed by atoms with Crippen LogP contribution in [0.2, 0.25) is 0 Å². The maximum Gasteiger partial charge on any atom is 0.257 e. The lowest BCUT2D eigenvalue weighted by Gasteiger charge is -2.16. The van der Waals surface area contributed by atoms with Crippen molar-refractivity contribution in [3.8, 4) is 11.5 Å². The molecule has 0 N–H and O–H groups in total. The summed E-state index contributed by atoms with van der Waals surface area (Å²) in [6.07, 6.45) is 2.01. The summed E-state index contributed by atoms with van der Waals surface area (Å²) < 4.78 is 58.1. The van der Waals surface area contributed by atoms with Crippen molar-refractivity contribution in [1.82, 2.24) is 14.4 Å². The van der Waals surface area contributed by atoms with Crippen LogP contribution in [0.5, 0.6) is 0 Å². The van der Waals surface area contributed by atoms with Gasteiger partial charge in [0.15, 0.2) is 5.82 Å². The van der Waals surface area contributed by atoms with E-state index in [0.717, 1.165) is 25.0 Å². The van der Waals surface area contributed by atoms with E-state index in [2.05, 4.69) is 10.1 Å². The molecule has 0 radical (unpaired) electrons. The second kappa shape index (κ2) is 8.00.